The Kier molecular flexibility index (Phi) is 7.00. The molecule has 0 bridgehead atoms. The van der Waals surface area contributed by atoms with E-state index < -0.39 is 12.2 Å². The van der Waals surface area contributed by atoms with Crippen LogP contribution in [0, 0.1) is 5.92 Å². The summed E-state index contributed by atoms with van der Waals surface area (Å²) in [6, 6.07) is 19.1. The third kappa shape index (κ3) is 5.55. The molecule has 1 fully saturated rings. The fourth-order valence-corrected chi connectivity index (χ4v) is 3.42. The molecule has 1 unspecified atom stereocenters. The zero-order valence-corrected chi connectivity index (χ0v) is 15.5. The van der Waals surface area contributed by atoms with Gasteiger partial charge in [0.15, 0.2) is 0 Å². The van der Waals surface area contributed by atoms with Crippen molar-refractivity contribution in [3.63, 3.8) is 0 Å². The predicted molar refractivity (Wildman–Crippen MR) is 104 cm³/mol. The Morgan fingerprint density at radius 1 is 1.07 bits per heavy atom. The third-order valence-electron chi connectivity index (χ3n) is 4.87. The number of carbonyl (C=O) groups is 2. The maximum atomic E-state index is 12.4. The minimum absolute atomic E-state index is 0.0205. The maximum Gasteiger partial charge on any atom is 0.436 e. The molecule has 1 heterocycles. The van der Waals surface area contributed by atoms with E-state index in [0.29, 0.717) is 19.5 Å². The molecule has 1 saturated heterocycles. The molecule has 148 valence electrons. The highest BCUT2D eigenvalue weighted by Crippen LogP contribution is 2.32. The van der Waals surface area contributed by atoms with E-state index in [1.807, 2.05) is 60.7 Å². The van der Waals surface area contributed by atoms with Gasteiger partial charge in [0.2, 0.25) is 5.91 Å². The Labute approximate surface area is 164 Å². The van der Waals surface area contributed by atoms with Crippen LogP contribution in [0.3, 0.4) is 0 Å². The molecule has 0 aliphatic carbocycles. The first-order valence-corrected chi connectivity index (χ1v) is 9.36. The lowest BCUT2D eigenvalue weighted by Crippen LogP contribution is -2.49. The van der Waals surface area contributed by atoms with Crippen LogP contribution in [-0.4, -0.2) is 24.6 Å². The summed E-state index contributed by atoms with van der Waals surface area (Å²) in [7, 11) is 0. The van der Waals surface area contributed by atoms with Gasteiger partial charge in [-0.2, -0.15) is 4.89 Å². The molecule has 2 aromatic carbocycles. The van der Waals surface area contributed by atoms with E-state index in [4.69, 9.17) is 10.6 Å². The number of piperidine rings is 1. The molecule has 1 aliphatic rings. The van der Waals surface area contributed by atoms with Gasteiger partial charge in [-0.1, -0.05) is 60.7 Å². The summed E-state index contributed by atoms with van der Waals surface area (Å²) in [5, 5.41) is 6.25. The molecule has 2 aromatic rings. The van der Waals surface area contributed by atoms with Crippen molar-refractivity contribution in [2.45, 2.75) is 31.5 Å². The molecule has 3 rings (SSSR count). The van der Waals surface area contributed by atoms with E-state index in [1.54, 1.807) is 0 Å². The van der Waals surface area contributed by atoms with Gasteiger partial charge in [0, 0.05) is 19.0 Å². The van der Waals surface area contributed by atoms with Crippen LogP contribution in [0.15, 0.2) is 60.7 Å². The fourth-order valence-electron chi connectivity index (χ4n) is 3.42. The first-order valence-electron chi connectivity index (χ1n) is 9.36. The second-order valence-electron chi connectivity index (χ2n) is 6.83. The van der Waals surface area contributed by atoms with Gasteiger partial charge in [0.05, 0.1) is 6.04 Å². The van der Waals surface area contributed by atoms with Gasteiger partial charge in [-0.05, 0) is 24.0 Å². The molecule has 3 atom stereocenters. The largest absolute Gasteiger partial charge is 0.436 e. The highest BCUT2D eigenvalue weighted by Gasteiger charge is 2.33. The number of hydrogen-bond donors (Lipinski definition) is 3. The molecule has 0 spiro atoms. The van der Waals surface area contributed by atoms with Crippen molar-refractivity contribution in [3.8, 4) is 0 Å². The van der Waals surface area contributed by atoms with Crippen LogP contribution in [0.4, 0.5) is 4.79 Å². The van der Waals surface area contributed by atoms with Crippen LogP contribution in [0.5, 0.6) is 0 Å². The third-order valence-corrected chi connectivity index (χ3v) is 4.87. The van der Waals surface area contributed by atoms with Crippen molar-refractivity contribution in [2.24, 2.45) is 11.7 Å². The monoisotopic (exact) mass is 383 g/mol. The number of carbonyl (C=O) groups excluding carboxylic acids is 2. The summed E-state index contributed by atoms with van der Waals surface area (Å²) in [6.07, 6.45) is -0.0236. The van der Waals surface area contributed by atoms with E-state index in [2.05, 4.69) is 15.5 Å². The molecule has 0 aromatic heterocycles. The van der Waals surface area contributed by atoms with Crippen molar-refractivity contribution in [1.82, 2.24) is 10.6 Å². The van der Waals surface area contributed by atoms with Crippen LogP contribution in [0.1, 0.15) is 30.1 Å². The minimum Gasteiger partial charge on any atom is -0.351 e. The molecule has 0 radical (unpaired) electrons. The normalized spacial score (nSPS) is 20.1. The maximum absolute atomic E-state index is 12.4. The lowest BCUT2D eigenvalue weighted by Gasteiger charge is -2.33. The Hall–Kier alpha value is -2.90. The van der Waals surface area contributed by atoms with E-state index in [0.717, 1.165) is 17.5 Å². The highest BCUT2D eigenvalue weighted by molar-refractivity contribution is 5.81. The van der Waals surface area contributed by atoms with E-state index in [9.17, 15) is 9.59 Å². The second-order valence-corrected chi connectivity index (χ2v) is 6.83. The Morgan fingerprint density at radius 2 is 1.75 bits per heavy atom. The summed E-state index contributed by atoms with van der Waals surface area (Å²) < 4.78 is 0. The van der Waals surface area contributed by atoms with Gasteiger partial charge >= 0.3 is 6.09 Å². The number of nitrogens with two attached hydrogens (primary N) is 1. The van der Waals surface area contributed by atoms with Crippen molar-refractivity contribution < 1.29 is 19.4 Å². The molecule has 1 aliphatic heterocycles. The molecule has 0 saturated carbocycles. The average molecular weight is 383 g/mol. The zero-order valence-electron chi connectivity index (χ0n) is 15.5. The van der Waals surface area contributed by atoms with E-state index in [-0.39, 0.29) is 17.9 Å². The van der Waals surface area contributed by atoms with Gasteiger partial charge in [0.1, 0.15) is 6.10 Å². The summed E-state index contributed by atoms with van der Waals surface area (Å²) in [5.74, 6) is 0.0211. The summed E-state index contributed by atoms with van der Waals surface area (Å²) >= 11 is 0. The summed E-state index contributed by atoms with van der Waals surface area (Å²) in [4.78, 5) is 33.3. The van der Waals surface area contributed by atoms with Gasteiger partial charge < -0.3 is 16.4 Å². The van der Waals surface area contributed by atoms with Gasteiger partial charge in [-0.25, -0.2) is 4.79 Å². The molecular weight excluding hydrogens is 358 g/mol. The summed E-state index contributed by atoms with van der Waals surface area (Å²) in [5.41, 5.74) is 6.99. The molecular formula is C21H25N3O4. The molecule has 2 amide bonds. The minimum atomic E-state index is -0.983. The lowest BCUT2D eigenvalue weighted by atomic mass is 9.86. The smallest absolute Gasteiger partial charge is 0.351 e. The average Bonchev–Trinajstić information content (AvgIpc) is 2.74. The van der Waals surface area contributed by atoms with Crippen LogP contribution in [0.2, 0.25) is 0 Å². The van der Waals surface area contributed by atoms with Crippen molar-refractivity contribution in [3.05, 3.63) is 71.8 Å². The quantitative estimate of drug-likeness (QED) is 0.503. The van der Waals surface area contributed by atoms with Crippen LogP contribution < -0.4 is 16.4 Å². The summed E-state index contributed by atoms with van der Waals surface area (Å²) in [6.45, 7) is 1.06. The highest BCUT2D eigenvalue weighted by atomic mass is 17.2. The Bertz CT molecular complexity index is 762. The number of rotatable bonds is 7. The molecule has 7 nitrogen and oxygen atoms in total. The predicted octanol–water partition coefficient (Wildman–Crippen LogP) is 2.44. The number of hydrogen-bond acceptors (Lipinski definition) is 5. The lowest BCUT2D eigenvalue weighted by molar-refractivity contribution is -0.287. The SMILES string of the molecule is NC(=O)OOC(c1ccccc1)[C@@H]1CC[C@@H](C(=O)NCc2ccccc2)NC1. The van der Waals surface area contributed by atoms with Crippen LogP contribution >= 0.6 is 0 Å². The van der Waals surface area contributed by atoms with Gasteiger partial charge in [-0.3, -0.25) is 9.68 Å². The number of nitrogens with one attached hydrogen (secondary N) is 2. The van der Waals surface area contributed by atoms with Crippen LogP contribution in [-0.2, 0) is 21.1 Å². The number of amides is 2. The van der Waals surface area contributed by atoms with Crippen LogP contribution in [0.25, 0.3) is 0 Å². The first kappa shape index (κ1) is 19.9. The van der Waals surface area contributed by atoms with Crippen molar-refractivity contribution in [1.29, 1.82) is 0 Å². The first-order chi connectivity index (χ1) is 13.6. The second kappa shape index (κ2) is 9.87. The van der Waals surface area contributed by atoms with E-state index >= 15 is 0 Å². The number of primary amides is 1. The van der Waals surface area contributed by atoms with Crippen molar-refractivity contribution in [2.75, 3.05) is 6.54 Å². The Morgan fingerprint density at radius 3 is 2.36 bits per heavy atom. The van der Waals surface area contributed by atoms with Gasteiger partial charge in [0.25, 0.3) is 0 Å². The molecule has 28 heavy (non-hydrogen) atoms. The van der Waals surface area contributed by atoms with Gasteiger partial charge in [-0.15, -0.1) is 0 Å². The molecule has 4 N–H and O–H groups in total. The standard InChI is InChI=1S/C21H25N3O4/c22-21(26)28-27-19(16-9-5-2-6-10-16)17-11-12-18(23-14-17)20(25)24-13-15-7-3-1-4-8-15/h1-10,17-19,23H,11-14H2,(H2,22,26)(H,24,25)/t17-,18+,19?/m1/s1. The Balaban J connectivity index is 1.54. The zero-order chi connectivity index (χ0) is 19.8. The fraction of sp³-hybridized carbons (Fsp3) is 0.333. The molecule has 7 heteroatoms. The topological polar surface area (TPSA) is 103 Å². The van der Waals surface area contributed by atoms with E-state index in [1.165, 1.54) is 0 Å². The number of benzene rings is 2. The van der Waals surface area contributed by atoms with Crippen molar-refractivity contribution >= 4 is 12.0 Å².